The molecule has 0 saturated heterocycles. The average molecular weight is 273 g/mol. The number of benzene rings is 1. The minimum atomic E-state index is 0.178. The van der Waals surface area contributed by atoms with E-state index in [0.29, 0.717) is 6.61 Å². The van der Waals surface area contributed by atoms with Crippen LogP contribution in [0.4, 0.5) is 0 Å². The van der Waals surface area contributed by atoms with E-state index < -0.39 is 0 Å². The Bertz CT molecular complexity index is 563. The van der Waals surface area contributed by atoms with Crippen molar-refractivity contribution >= 4 is 0 Å². The molecular weight excluding hydrogens is 250 g/mol. The highest BCUT2D eigenvalue weighted by Gasteiger charge is 2.10. The summed E-state index contributed by atoms with van der Waals surface area (Å²) in [5.74, 6) is 0.959. The SMILES string of the molecule is CCC(N)Cc1cccc(C)c1OCc1cnn(C)c1. The van der Waals surface area contributed by atoms with Gasteiger partial charge in [0.1, 0.15) is 12.4 Å². The van der Waals surface area contributed by atoms with Crippen molar-refractivity contribution < 1.29 is 4.74 Å². The van der Waals surface area contributed by atoms with E-state index in [9.17, 15) is 0 Å². The number of aryl methyl sites for hydroxylation is 2. The van der Waals surface area contributed by atoms with E-state index >= 15 is 0 Å². The number of nitrogens with two attached hydrogens (primary N) is 1. The maximum atomic E-state index is 6.07. The molecule has 4 heteroatoms. The number of hydrogen-bond acceptors (Lipinski definition) is 3. The molecule has 0 aliphatic rings. The van der Waals surface area contributed by atoms with Gasteiger partial charge in [-0.2, -0.15) is 5.10 Å². The third-order valence-electron chi connectivity index (χ3n) is 3.44. The van der Waals surface area contributed by atoms with Crippen LogP contribution < -0.4 is 10.5 Å². The summed E-state index contributed by atoms with van der Waals surface area (Å²) in [6.45, 7) is 4.71. The lowest BCUT2D eigenvalue weighted by atomic mass is 10.0. The Morgan fingerprint density at radius 2 is 2.20 bits per heavy atom. The molecule has 0 amide bonds. The zero-order chi connectivity index (χ0) is 14.5. The number of ether oxygens (including phenoxy) is 1. The van der Waals surface area contributed by atoms with E-state index in [1.807, 2.05) is 19.4 Å². The largest absolute Gasteiger partial charge is 0.488 e. The summed E-state index contributed by atoms with van der Waals surface area (Å²) in [7, 11) is 1.91. The Morgan fingerprint density at radius 3 is 2.85 bits per heavy atom. The fourth-order valence-corrected chi connectivity index (χ4v) is 2.21. The second kappa shape index (κ2) is 6.57. The van der Waals surface area contributed by atoms with Gasteiger partial charge in [-0.15, -0.1) is 0 Å². The van der Waals surface area contributed by atoms with E-state index in [1.54, 1.807) is 4.68 Å². The van der Waals surface area contributed by atoms with E-state index in [0.717, 1.165) is 29.7 Å². The molecule has 0 aliphatic heterocycles. The molecule has 1 unspecified atom stereocenters. The van der Waals surface area contributed by atoms with Crippen LogP contribution in [0.15, 0.2) is 30.6 Å². The molecule has 0 fully saturated rings. The summed E-state index contributed by atoms with van der Waals surface area (Å²) in [6, 6.07) is 6.41. The van der Waals surface area contributed by atoms with Crippen molar-refractivity contribution in [2.75, 3.05) is 0 Å². The fourth-order valence-electron chi connectivity index (χ4n) is 2.21. The van der Waals surface area contributed by atoms with Gasteiger partial charge in [-0.05, 0) is 30.9 Å². The molecule has 0 radical (unpaired) electrons. The van der Waals surface area contributed by atoms with E-state index in [4.69, 9.17) is 10.5 Å². The van der Waals surface area contributed by atoms with Crippen LogP contribution in [-0.4, -0.2) is 15.8 Å². The first-order valence-corrected chi connectivity index (χ1v) is 7.04. The smallest absolute Gasteiger partial charge is 0.125 e. The minimum absolute atomic E-state index is 0.178. The van der Waals surface area contributed by atoms with Crippen LogP contribution in [-0.2, 0) is 20.1 Å². The molecular formula is C16H23N3O. The van der Waals surface area contributed by atoms with Crippen molar-refractivity contribution in [1.82, 2.24) is 9.78 Å². The molecule has 2 aromatic rings. The highest BCUT2D eigenvalue weighted by Crippen LogP contribution is 2.25. The zero-order valence-electron chi connectivity index (χ0n) is 12.5. The Kier molecular flexibility index (Phi) is 4.79. The van der Waals surface area contributed by atoms with Gasteiger partial charge in [0.25, 0.3) is 0 Å². The van der Waals surface area contributed by atoms with Gasteiger partial charge in [-0.3, -0.25) is 4.68 Å². The summed E-state index contributed by atoms with van der Waals surface area (Å²) < 4.78 is 7.79. The van der Waals surface area contributed by atoms with Gasteiger partial charge in [-0.25, -0.2) is 0 Å². The van der Waals surface area contributed by atoms with Crippen LogP contribution >= 0.6 is 0 Å². The van der Waals surface area contributed by atoms with Gasteiger partial charge in [0, 0.05) is 24.8 Å². The monoisotopic (exact) mass is 273 g/mol. The quantitative estimate of drug-likeness (QED) is 0.880. The topological polar surface area (TPSA) is 53.1 Å². The van der Waals surface area contributed by atoms with E-state index in [1.165, 1.54) is 5.56 Å². The minimum Gasteiger partial charge on any atom is -0.488 e. The van der Waals surface area contributed by atoms with Crippen molar-refractivity contribution in [3.8, 4) is 5.75 Å². The number of para-hydroxylation sites is 1. The summed E-state index contributed by atoms with van der Waals surface area (Å²) in [5, 5.41) is 4.15. The second-order valence-electron chi connectivity index (χ2n) is 5.25. The predicted octanol–water partition coefficient (Wildman–Crippen LogP) is 2.59. The van der Waals surface area contributed by atoms with Gasteiger partial charge < -0.3 is 10.5 Å². The van der Waals surface area contributed by atoms with Crippen molar-refractivity contribution in [2.24, 2.45) is 12.8 Å². The molecule has 108 valence electrons. The van der Waals surface area contributed by atoms with Gasteiger partial charge in [0.05, 0.1) is 6.20 Å². The van der Waals surface area contributed by atoms with Gasteiger partial charge in [0.2, 0.25) is 0 Å². The number of hydrogen-bond donors (Lipinski definition) is 1. The van der Waals surface area contributed by atoms with E-state index in [-0.39, 0.29) is 6.04 Å². The molecule has 0 bridgehead atoms. The van der Waals surface area contributed by atoms with Crippen molar-refractivity contribution in [1.29, 1.82) is 0 Å². The molecule has 1 heterocycles. The second-order valence-corrected chi connectivity index (χ2v) is 5.25. The van der Waals surface area contributed by atoms with Crippen LogP contribution in [0.3, 0.4) is 0 Å². The Hall–Kier alpha value is -1.81. The highest BCUT2D eigenvalue weighted by atomic mass is 16.5. The van der Waals surface area contributed by atoms with Crippen LogP contribution in [0.1, 0.15) is 30.0 Å². The van der Waals surface area contributed by atoms with Crippen molar-refractivity contribution in [3.63, 3.8) is 0 Å². The normalized spacial score (nSPS) is 12.4. The molecule has 20 heavy (non-hydrogen) atoms. The van der Waals surface area contributed by atoms with Crippen molar-refractivity contribution in [2.45, 2.75) is 39.3 Å². The first-order valence-electron chi connectivity index (χ1n) is 7.04. The predicted molar refractivity (Wildman–Crippen MR) is 80.7 cm³/mol. The first-order chi connectivity index (χ1) is 9.60. The highest BCUT2D eigenvalue weighted by molar-refractivity contribution is 5.41. The molecule has 1 aromatic carbocycles. The Morgan fingerprint density at radius 1 is 1.40 bits per heavy atom. The van der Waals surface area contributed by atoms with Crippen LogP contribution in [0.2, 0.25) is 0 Å². The lowest BCUT2D eigenvalue weighted by Crippen LogP contribution is -2.21. The maximum Gasteiger partial charge on any atom is 0.125 e. The van der Waals surface area contributed by atoms with E-state index in [2.05, 4.69) is 37.1 Å². The standard InChI is InChI=1S/C16H23N3O/c1-4-15(17)8-14-7-5-6-12(2)16(14)20-11-13-9-18-19(3)10-13/h5-7,9-10,15H,4,8,11,17H2,1-3H3. The maximum absolute atomic E-state index is 6.07. The third-order valence-corrected chi connectivity index (χ3v) is 3.44. The molecule has 2 rings (SSSR count). The summed E-state index contributed by atoms with van der Waals surface area (Å²) in [5.41, 5.74) is 9.47. The Balaban J connectivity index is 2.12. The molecule has 1 aromatic heterocycles. The van der Waals surface area contributed by atoms with Gasteiger partial charge in [-0.1, -0.05) is 25.1 Å². The fraction of sp³-hybridized carbons (Fsp3) is 0.438. The summed E-state index contributed by atoms with van der Waals surface area (Å²) in [4.78, 5) is 0. The van der Waals surface area contributed by atoms with Gasteiger partial charge >= 0.3 is 0 Å². The molecule has 2 N–H and O–H groups in total. The Labute approximate surface area is 120 Å². The number of rotatable bonds is 6. The number of aromatic nitrogens is 2. The summed E-state index contributed by atoms with van der Waals surface area (Å²) in [6.07, 6.45) is 5.61. The van der Waals surface area contributed by atoms with Crippen molar-refractivity contribution in [3.05, 3.63) is 47.3 Å². The van der Waals surface area contributed by atoms with Gasteiger partial charge in [0.15, 0.2) is 0 Å². The number of nitrogens with zero attached hydrogens (tertiary/aromatic N) is 2. The third kappa shape index (κ3) is 3.61. The van der Waals surface area contributed by atoms with Crippen LogP contribution in [0, 0.1) is 6.92 Å². The molecule has 1 atom stereocenters. The van der Waals surface area contributed by atoms with Crippen LogP contribution in [0.25, 0.3) is 0 Å². The molecule has 0 aliphatic carbocycles. The first kappa shape index (κ1) is 14.6. The lowest BCUT2D eigenvalue weighted by molar-refractivity contribution is 0.300. The zero-order valence-corrected chi connectivity index (χ0v) is 12.5. The lowest BCUT2D eigenvalue weighted by Gasteiger charge is -2.16. The van der Waals surface area contributed by atoms with Crippen LogP contribution in [0.5, 0.6) is 5.75 Å². The average Bonchev–Trinajstić information content (AvgIpc) is 2.83. The molecule has 4 nitrogen and oxygen atoms in total. The molecule has 0 spiro atoms. The summed E-state index contributed by atoms with van der Waals surface area (Å²) >= 11 is 0. The molecule has 0 saturated carbocycles.